The molecule has 0 aliphatic carbocycles. The lowest BCUT2D eigenvalue weighted by Gasteiger charge is -2.21. The average Bonchev–Trinajstić information content (AvgIpc) is 2.44. The van der Waals surface area contributed by atoms with Crippen LogP contribution in [-0.4, -0.2) is 36.2 Å². The van der Waals surface area contributed by atoms with E-state index in [1.54, 1.807) is 26.8 Å². The molecule has 1 aromatic rings. The number of urea groups is 1. The summed E-state index contributed by atoms with van der Waals surface area (Å²) in [5, 5.41) is 4.70. The fourth-order valence-electron chi connectivity index (χ4n) is 1.97. The SMILES string of the molecule is Cc1ccc(OCC(=O)O[C@@H](C)C(=O)NC(=O)NC(C)(C)C)c(C)c1. The van der Waals surface area contributed by atoms with Crippen LogP contribution in [0, 0.1) is 13.8 Å². The summed E-state index contributed by atoms with van der Waals surface area (Å²) in [6, 6.07) is 4.93. The van der Waals surface area contributed by atoms with Crippen molar-refractivity contribution < 1.29 is 23.9 Å². The zero-order chi connectivity index (χ0) is 19.2. The normalized spacial score (nSPS) is 12.1. The van der Waals surface area contributed by atoms with Crippen LogP contribution in [-0.2, 0) is 14.3 Å². The predicted octanol–water partition coefficient (Wildman–Crippen LogP) is 2.24. The van der Waals surface area contributed by atoms with Crippen LogP contribution in [0.5, 0.6) is 5.75 Å². The van der Waals surface area contributed by atoms with Crippen molar-refractivity contribution in [3.05, 3.63) is 29.3 Å². The number of imide groups is 1. The molecule has 0 aliphatic heterocycles. The van der Waals surface area contributed by atoms with Gasteiger partial charge in [-0.25, -0.2) is 9.59 Å². The van der Waals surface area contributed by atoms with Crippen molar-refractivity contribution >= 4 is 17.9 Å². The van der Waals surface area contributed by atoms with E-state index in [1.807, 2.05) is 26.0 Å². The van der Waals surface area contributed by atoms with E-state index < -0.39 is 29.6 Å². The van der Waals surface area contributed by atoms with Gasteiger partial charge in [-0.3, -0.25) is 10.1 Å². The van der Waals surface area contributed by atoms with Gasteiger partial charge in [0.1, 0.15) is 5.75 Å². The average molecular weight is 350 g/mol. The van der Waals surface area contributed by atoms with Gasteiger partial charge in [0, 0.05) is 5.54 Å². The molecule has 0 fully saturated rings. The van der Waals surface area contributed by atoms with E-state index in [9.17, 15) is 14.4 Å². The standard InChI is InChI=1S/C18H26N2O5/c1-11-7-8-14(12(2)9-11)24-10-15(21)25-13(3)16(22)19-17(23)20-18(4,5)6/h7-9,13H,10H2,1-6H3,(H2,19,20,22,23)/t13-/m0/s1. The molecular formula is C18H26N2O5. The maximum absolute atomic E-state index is 11.9. The van der Waals surface area contributed by atoms with Gasteiger partial charge in [-0.2, -0.15) is 0 Å². The van der Waals surface area contributed by atoms with Gasteiger partial charge in [0.15, 0.2) is 12.7 Å². The van der Waals surface area contributed by atoms with Crippen LogP contribution < -0.4 is 15.4 Å². The smallest absolute Gasteiger partial charge is 0.344 e. The minimum atomic E-state index is -1.11. The third-order valence-electron chi connectivity index (χ3n) is 3.08. The second kappa shape index (κ2) is 8.50. The van der Waals surface area contributed by atoms with E-state index in [2.05, 4.69) is 10.6 Å². The summed E-state index contributed by atoms with van der Waals surface area (Å²) < 4.78 is 10.4. The van der Waals surface area contributed by atoms with E-state index >= 15 is 0 Å². The van der Waals surface area contributed by atoms with Crippen LogP contribution >= 0.6 is 0 Å². The number of carbonyl (C=O) groups is 3. The number of aryl methyl sites for hydroxylation is 2. The van der Waals surface area contributed by atoms with Crippen LogP contribution in [0.15, 0.2) is 18.2 Å². The Bertz CT molecular complexity index is 649. The summed E-state index contributed by atoms with van der Waals surface area (Å²) in [5.74, 6) is -0.829. The number of hydrogen-bond donors (Lipinski definition) is 2. The highest BCUT2D eigenvalue weighted by Gasteiger charge is 2.22. The molecule has 3 amide bonds. The van der Waals surface area contributed by atoms with Crippen molar-refractivity contribution in [3.63, 3.8) is 0 Å². The molecule has 0 heterocycles. The van der Waals surface area contributed by atoms with E-state index in [0.29, 0.717) is 5.75 Å². The van der Waals surface area contributed by atoms with Gasteiger partial charge >= 0.3 is 12.0 Å². The molecule has 0 saturated carbocycles. The van der Waals surface area contributed by atoms with Crippen molar-refractivity contribution in [3.8, 4) is 5.75 Å². The largest absolute Gasteiger partial charge is 0.482 e. The maximum atomic E-state index is 11.9. The fraction of sp³-hybridized carbons (Fsp3) is 0.500. The summed E-state index contributed by atoms with van der Waals surface area (Å²) in [7, 11) is 0. The summed E-state index contributed by atoms with van der Waals surface area (Å²) in [6.45, 7) is 10.2. The van der Waals surface area contributed by atoms with Gasteiger partial charge in [-0.05, 0) is 53.2 Å². The predicted molar refractivity (Wildman–Crippen MR) is 93.4 cm³/mol. The molecule has 25 heavy (non-hydrogen) atoms. The van der Waals surface area contributed by atoms with Gasteiger partial charge in [-0.15, -0.1) is 0 Å². The minimum Gasteiger partial charge on any atom is -0.482 e. The Labute approximate surface area is 148 Å². The van der Waals surface area contributed by atoms with Crippen molar-refractivity contribution in [2.75, 3.05) is 6.61 Å². The molecule has 0 bridgehead atoms. The first-order valence-electron chi connectivity index (χ1n) is 8.00. The molecule has 0 saturated heterocycles. The zero-order valence-corrected chi connectivity index (χ0v) is 15.6. The molecule has 0 unspecified atom stereocenters. The van der Waals surface area contributed by atoms with Crippen molar-refractivity contribution in [1.82, 2.24) is 10.6 Å². The quantitative estimate of drug-likeness (QED) is 0.794. The molecule has 1 atom stereocenters. The first kappa shape index (κ1) is 20.5. The third kappa shape index (κ3) is 7.69. The van der Waals surface area contributed by atoms with Gasteiger partial charge in [-0.1, -0.05) is 17.7 Å². The molecule has 0 aromatic heterocycles. The summed E-state index contributed by atoms with van der Waals surface area (Å²) >= 11 is 0. The fourth-order valence-corrected chi connectivity index (χ4v) is 1.97. The number of amides is 3. The lowest BCUT2D eigenvalue weighted by Crippen LogP contribution is -2.50. The van der Waals surface area contributed by atoms with Crippen LogP contribution in [0.25, 0.3) is 0 Å². The number of nitrogens with one attached hydrogen (secondary N) is 2. The highest BCUT2D eigenvalue weighted by Crippen LogP contribution is 2.18. The van der Waals surface area contributed by atoms with Gasteiger partial charge in [0.2, 0.25) is 0 Å². The molecule has 2 N–H and O–H groups in total. The van der Waals surface area contributed by atoms with Gasteiger partial charge in [0.25, 0.3) is 5.91 Å². The Morgan fingerprint density at radius 2 is 1.80 bits per heavy atom. The van der Waals surface area contributed by atoms with E-state index in [1.165, 1.54) is 6.92 Å². The molecule has 1 aromatic carbocycles. The van der Waals surface area contributed by atoms with E-state index in [4.69, 9.17) is 9.47 Å². The lowest BCUT2D eigenvalue weighted by molar-refractivity contribution is -0.156. The maximum Gasteiger partial charge on any atom is 0.344 e. The summed E-state index contributed by atoms with van der Waals surface area (Å²) in [5.41, 5.74) is 1.51. The zero-order valence-electron chi connectivity index (χ0n) is 15.6. The van der Waals surface area contributed by atoms with Crippen LogP contribution in [0.4, 0.5) is 4.79 Å². The second-order valence-corrected chi connectivity index (χ2v) is 6.88. The van der Waals surface area contributed by atoms with Crippen molar-refractivity contribution in [2.24, 2.45) is 0 Å². The van der Waals surface area contributed by atoms with Crippen LogP contribution in [0.1, 0.15) is 38.8 Å². The Morgan fingerprint density at radius 3 is 2.36 bits per heavy atom. The molecule has 1 rings (SSSR count). The van der Waals surface area contributed by atoms with Crippen molar-refractivity contribution in [1.29, 1.82) is 0 Å². The minimum absolute atomic E-state index is 0.324. The van der Waals surface area contributed by atoms with Gasteiger partial charge in [0.05, 0.1) is 0 Å². The number of rotatable bonds is 5. The Morgan fingerprint density at radius 1 is 1.16 bits per heavy atom. The van der Waals surface area contributed by atoms with Crippen LogP contribution in [0.2, 0.25) is 0 Å². The molecule has 7 nitrogen and oxygen atoms in total. The third-order valence-corrected chi connectivity index (χ3v) is 3.08. The molecule has 0 radical (unpaired) electrons. The number of carbonyl (C=O) groups excluding carboxylic acids is 3. The number of benzene rings is 1. The first-order chi connectivity index (χ1) is 11.5. The monoisotopic (exact) mass is 350 g/mol. The summed E-state index contributed by atoms with van der Waals surface area (Å²) in [4.78, 5) is 35.3. The molecular weight excluding hydrogens is 324 g/mol. The Balaban J connectivity index is 2.45. The number of ether oxygens (including phenoxy) is 2. The van der Waals surface area contributed by atoms with Crippen molar-refractivity contribution in [2.45, 2.75) is 53.2 Å². The number of esters is 1. The topological polar surface area (TPSA) is 93.7 Å². The molecule has 0 spiro atoms. The summed E-state index contributed by atoms with van der Waals surface area (Å²) in [6.07, 6.45) is -1.11. The Hall–Kier alpha value is -2.57. The second-order valence-electron chi connectivity index (χ2n) is 6.88. The first-order valence-corrected chi connectivity index (χ1v) is 8.00. The highest BCUT2D eigenvalue weighted by molar-refractivity contribution is 5.97. The van der Waals surface area contributed by atoms with E-state index in [-0.39, 0.29) is 6.61 Å². The molecule has 0 aliphatic rings. The lowest BCUT2D eigenvalue weighted by atomic mass is 10.1. The van der Waals surface area contributed by atoms with Crippen LogP contribution in [0.3, 0.4) is 0 Å². The molecule has 7 heteroatoms. The van der Waals surface area contributed by atoms with E-state index in [0.717, 1.165) is 11.1 Å². The Kier molecular flexibility index (Phi) is 6.97. The highest BCUT2D eigenvalue weighted by atomic mass is 16.6. The molecule has 138 valence electrons. The number of hydrogen-bond acceptors (Lipinski definition) is 5. The van der Waals surface area contributed by atoms with Gasteiger partial charge < -0.3 is 14.8 Å².